The molecular weight excluding hydrogens is 348 g/mol. The molecule has 0 aliphatic rings. The summed E-state index contributed by atoms with van der Waals surface area (Å²) < 4.78 is 1.01. The van der Waals surface area contributed by atoms with E-state index >= 15 is 0 Å². The molecule has 1 unspecified atom stereocenters. The summed E-state index contributed by atoms with van der Waals surface area (Å²) in [7, 11) is 0. The number of benzene rings is 2. The molecule has 2 aromatic rings. The Bertz CT molecular complexity index is 653. The average Bonchev–Trinajstić information content (AvgIpc) is 2.47. The SMILES string of the molecule is CC(NC(=O)c1ccc(C(N)=S)cc1)c1ccc(Br)cc1. The van der Waals surface area contributed by atoms with Gasteiger partial charge >= 0.3 is 0 Å². The lowest BCUT2D eigenvalue weighted by Gasteiger charge is -2.14. The molecule has 1 amide bonds. The van der Waals surface area contributed by atoms with Crippen molar-refractivity contribution in [3.05, 3.63) is 69.7 Å². The third kappa shape index (κ3) is 4.12. The van der Waals surface area contributed by atoms with Crippen LogP contribution in [0.5, 0.6) is 0 Å². The molecule has 0 spiro atoms. The van der Waals surface area contributed by atoms with Crippen LogP contribution in [0.4, 0.5) is 0 Å². The molecule has 108 valence electrons. The number of rotatable bonds is 4. The highest BCUT2D eigenvalue weighted by molar-refractivity contribution is 9.10. The van der Waals surface area contributed by atoms with Gasteiger partial charge in [0.1, 0.15) is 4.99 Å². The molecule has 3 nitrogen and oxygen atoms in total. The van der Waals surface area contributed by atoms with Crippen LogP contribution in [0.15, 0.2) is 53.0 Å². The molecule has 1 atom stereocenters. The zero-order valence-electron chi connectivity index (χ0n) is 11.5. The Morgan fingerprint density at radius 1 is 1.10 bits per heavy atom. The summed E-state index contributed by atoms with van der Waals surface area (Å²) in [6, 6.07) is 14.7. The van der Waals surface area contributed by atoms with E-state index in [1.54, 1.807) is 24.3 Å². The largest absolute Gasteiger partial charge is 0.389 e. The minimum atomic E-state index is -0.125. The van der Waals surface area contributed by atoms with Crippen LogP contribution in [0.1, 0.15) is 34.5 Å². The van der Waals surface area contributed by atoms with Crippen LogP contribution in [0, 0.1) is 0 Å². The Kier molecular flexibility index (Phi) is 5.09. The molecule has 2 aromatic carbocycles. The lowest BCUT2D eigenvalue weighted by atomic mass is 10.1. The van der Waals surface area contributed by atoms with Crippen LogP contribution in [0.2, 0.25) is 0 Å². The van der Waals surface area contributed by atoms with E-state index < -0.39 is 0 Å². The third-order valence-corrected chi connectivity index (χ3v) is 3.91. The lowest BCUT2D eigenvalue weighted by molar-refractivity contribution is 0.0940. The quantitative estimate of drug-likeness (QED) is 0.817. The summed E-state index contributed by atoms with van der Waals surface area (Å²) in [6.07, 6.45) is 0. The van der Waals surface area contributed by atoms with Crippen molar-refractivity contribution in [2.45, 2.75) is 13.0 Å². The standard InChI is InChI=1S/C16H15BrN2OS/c1-10(11-6-8-14(17)9-7-11)19-16(20)13-4-2-12(3-5-13)15(18)21/h2-10H,1H3,(H2,18,21)(H,19,20). The summed E-state index contributed by atoms with van der Waals surface area (Å²) in [5, 5.41) is 2.96. The van der Waals surface area contributed by atoms with E-state index in [0.29, 0.717) is 10.6 Å². The smallest absolute Gasteiger partial charge is 0.251 e. The van der Waals surface area contributed by atoms with Crippen molar-refractivity contribution in [1.29, 1.82) is 0 Å². The molecule has 0 saturated carbocycles. The van der Waals surface area contributed by atoms with E-state index in [-0.39, 0.29) is 11.9 Å². The maximum absolute atomic E-state index is 12.2. The Hall–Kier alpha value is -1.72. The molecule has 5 heteroatoms. The number of amides is 1. The molecule has 0 fully saturated rings. The van der Waals surface area contributed by atoms with Gasteiger partial charge in [0.15, 0.2) is 0 Å². The predicted octanol–water partition coefficient (Wildman–Crippen LogP) is 3.57. The maximum atomic E-state index is 12.2. The molecule has 0 radical (unpaired) electrons. The number of hydrogen-bond acceptors (Lipinski definition) is 2. The first-order valence-electron chi connectivity index (χ1n) is 6.43. The summed E-state index contributed by atoms with van der Waals surface area (Å²) in [5.41, 5.74) is 7.92. The second-order valence-electron chi connectivity index (χ2n) is 4.69. The van der Waals surface area contributed by atoms with Crippen molar-refractivity contribution < 1.29 is 4.79 Å². The van der Waals surface area contributed by atoms with Crippen molar-refractivity contribution in [1.82, 2.24) is 5.32 Å². The highest BCUT2D eigenvalue weighted by atomic mass is 79.9. The molecule has 0 aromatic heterocycles. The number of thiocarbonyl (C=S) groups is 1. The maximum Gasteiger partial charge on any atom is 0.251 e. The molecule has 0 bridgehead atoms. The van der Waals surface area contributed by atoms with Crippen molar-refractivity contribution >= 4 is 39.0 Å². The zero-order chi connectivity index (χ0) is 15.4. The van der Waals surface area contributed by atoms with Gasteiger partial charge in [0.25, 0.3) is 5.91 Å². The van der Waals surface area contributed by atoms with Gasteiger partial charge in [-0.2, -0.15) is 0 Å². The molecule has 2 rings (SSSR count). The molecule has 21 heavy (non-hydrogen) atoms. The Labute approximate surface area is 137 Å². The number of carbonyl (C=O) groups excluding carboxylic acids is 1. The summed E-state index contributed by atoms with van der Waals surface area (Å²) in [5.74, 6) is -0.125. The van der Waals surface area contributed by atoms with E-state index in [1.165, 1.54) is 0 Å². The van der Waals surface area contributed by atoms with Gasteiger partial charge < -0.3 is 11.1 Å². The normalized spacial score (nSPS) is 11.7. The molecule has 0 saturated heterocycles. The first-order chi connectivity index (χ1) is 9.97. The molecule has 0 aliphatic carbocycles. The van der Waals surface area contributed by atoms with E-state index in [2.05, 4.69) is 21.2 Å². The number of hydrogen-bond donors (Lipinski definition) is 2. The van der Waals surface area contributed by atoms with Gasteiger partial charge in [0.2, 0.25) is 0 Å². The number of nitrogens with one attached hydrogen (secondary N) is 1. The molecule has 0 aliphatic heterocycles. The zero-order valence-corrected chi connectivity index (χ0v) is 13.9. The summed E-state index contributed by atoms with van der Waals surface area (Å²) in [6.45, 7) is 1.95. The van der Waals surface area contributed by atoms with Gasteiger partial charge in [-0.05, 0) is 36.8 Å². The van der Waals surface area contributed by atoms with Crippen LogP contribution in [-0.2, 0) is 0 Å². The second-order valence-corrected chi connectivity index (χ2v) is 6.04. The van der Waals surface area contributed by atoms with Crippen molar-refractivity contribution in [2.75, 3.05) is 0 Å². The fraction of sp³-hybridized carbons (Fsp3) is 0.125. The minimum Gasteiger partial charge on any atom is -0.389 e. The van der Waals surface area contributed by atoms with Gasteiger partial charge in [-0.15, -0.1) is 0 Å². The van der Waals surface area contributed by atoms with Crippen LogP contribution >= 0.6 is 28.1 Å². The molecule has 0 heterocycles. The average molecular weight is 363 g/mol. The van der Waals surface area contributed by atoms with Crippen LogP contribution < -0.4 is 11.1 Å². The highest BCUT2D eigenvalue weighted by Crippen LogP contribution is 2.17. The Morgan fingerprint density at radius 2 is 1.62 bits per heavy atom. The lowest BCUT2D eigenvalue weighted by Crippen LogP contribution is -2.26. The topological polar surface area (TPSA) is 55.1 Å². The highest BCUT2D eigenvalue weighted by Gasteiger charge is 2.11. The van der Waals surface area contributed by atoms with Crippen LogP contribution in [0.3, 0.4) is 0 Å². The number of carbonyl (C=O) groups is 1. The van der Waals surface area contributed by atoms with Gasteiger partial charge in [-0.25, -0.2) is 0 Å². The van der Waals surface area contributed by atoms with Gasteiger partial charge in [-0.3, -0.25) is 4.79 Å². The Morgan fingerprint density at radius 3 is 2.14 bits per heavy atom. The second kappa shape index (κ2) is 6.83. The van der Waals surface area contributed by atoms with E-state index in [9.17, 15) is 4.79 Å². The molecular formula is C16H15BrN2OS. The van der Waals surface area contributed by atoms with Crippen LogP contribution in [0.25, 0.3) is 0 Å². The fourth-order valence-corrected chi connectivity index (χ4v) is 2.30. The predicted molar refractivity (Wildman–Crippen MR) is 92.4 cm³/mol. The van der Waals surface area contributed by atoms with E-state index in [4.69, 9.17) is 18.0 Å². The molecule has 3 N–H and O–H groups in total. The van der Waals surface area contributed by atoms with Crippen molar-refractivity contribution in [2.24, 2.45) is 5.73 Å². The van der Waals surface area contributed by atoms with Gasteiger partial charge in [0.05, 0.1) is 6.04 Å². The van der Waals surface area contributed by atoms with Gasteiger partial charge in [-0.1, -0.05) is 52.4 Å². The first-order valence-corrected chi connectivity index (χ1v) is 7.63. The summed E-state index contributed by atoms with van der Waals surface area (Å²) in [4.78, 5) is 12.5. The first kappa shape index (κ1) is 15.7. The van der Waals surface area contributed by atoms with Crippen LogP contribution in [-0.4, -0.2) is 10.9 Å². The monoisotopic (exact) mass is 362 g/mol. The third-order valence-electron chi connectivity index (χ3n) is 3.15. The Balaban J connectivity index is 2.06. The van der Waals surface area contributed by atoms with E-state index in [0.717, 1.165) is 15.6 Å². The fourth-order valence-electron chi connectivity index (χ4n) is 1.90. The summed E-state index contributed by atoms with van der Waals surface area (Å²) >= 11 is 8.28. The van der Waals surface area contributed by atoms with Crippen molar-refractivity contribution in [3.8, 4) is 0 Å². The van der Waals surface area contributed by atoms with Crippen molar-refractivity contribution in [3.63, 3.8) is 0 Å². The number of nitrogens with two attached hydrogens (primary N) is 1. The number of halogens is 1. The minimum absolute atomic E-state index is 0.0686. The van der Waals surface area contributed by atoms with E-state index in [1.807, 2.05) is 31.2 Å². The van der Waals surface area contributed by atoms with Gasteiger partial charge in [0, 0.05) is 15.6 Å².